The molecule has 32 heavy (non-hydrogen) atoms. The van der Waals surface area contributed by atoms with E-state index in [2.05, 4.69) is 4.98 Å². The third-order valence-corrected chi connectivity index (χ3v) is 4.93. The second-order valence-electron chi connectivity index (χ2n) is 7.28. The molecule has 0 radical (unpaired) electrons. The average molecular weight is 425 g/mol. The number of benzene rings is 3. The smallest absolute Gasteiger partial charge is 0.307 e. The first-order chi connectivity index (χ1) is 15.7. The van der Waals surface area contributed by atoms with Crippen molar-refractivity contribution in [2.75, 3.05) is 0 Å². The van der Waals surface area contributed by atoms with Crippen molar-refractivity contribution in [1.29, 1.82) is 0 Å². The first kappa shape index (κ1) is 21.1. The summed E-state index contributed by atoms with van der Waals surface area (Å²) in [5.41, 5.74) is 4.25. The van der Waals surface area contributed by atoms with E-state index in [1.165, 1.54) is 0 Å². The van der Waals surface area contributed by atoms with Crippen molar-refractivity contribution in [2.45, 2.75) is 19.6 Å². The normalized spacial score (nSPS) is 10.5. The molecule has 0 saturated carbocycles. The summed E-state index contributed by atoms with van der Waals surface area (Å²) in [6, 6.07) is 30.7. The predicted octanol–water partition coefficient (Wildman–Crippen LogP) is 5.53. The minimum Gasteiger partial charge on any atom is -0.481 e. The van der Waals surface area contributed by atoms with Gasteiger partial charge in [-0.05, 0) is 28.3 Å². The van der Waals surface area contributed by atoms with Gasteiger partial charge in [0.25, 0.3) is 0 Å². The van der Waals surface area contributed by atoms with Crippen LogP contribution in [0.25, 0.3) is 11.1 Å². The molecule has 1 N–H and O–H groups in total. The number of pyridine rings is 1. The van der Waals surface area contributed by atoms with Crippen molar-refractivity contribution in [1.82, 2.24) is 4.98 Å². The van der Waals surface area contributed by atoms with Crippen LogP contribution in [-0.2, 0) is 24.4 Å². The van der Waals surface area contributed by atoms with E-state index in [1.807, 2.05) is 91.0 Å². The first-order valence-electron chi connectivity index (χ1n) is 10.3. The SMILES string of the molecule is O=C(O)Cc1ccccc1-c1ccc(OCc2ccccc2)nc1OCc1ccccc1. The summed E-state index contributed by atoms with van der Waals surface area (Å²) in [7, 11) is 0. The largest absolute Gasteiger partial charge is 0.481 e. The third kappa shape index (κ3) is 5.52. The van der Waals surface area contributed by atoms with Gasteiger partial charge in [-0.1, -0.05) is 84.9 Å². The summed E-state index contributed by atoms with van der Waals surface area (Å²) in [5, 5.41) is 9.32. The Morgan fingerprint density at radius 1 is 0.688 bits per heavy atom. The molecule has 1 aromatic heterocycles. The minimum atomic E-state index is -0.889. The van der Waals surface area contributed by atoms with Crippen LogP contribution >= 0.6 is 0 Å². The molecule has 0 amide bonds. The highest BCUT2D eigenvalue weighted by molar-refractivity contribution is 5.78. The summed E-state index contributed by atoms with van der Waals surface area (Å²) in [6.45, 7) is 0.727. The lowest BCUT2D eigenvalue weighted by Crippen LogP contribution is -2.05. The first-order valence-corrected chi connectivity index (χ1v) is 10.3. The highest BCUT2D eigenvalue weighted by atomic mass is 16.5. The Morgan fingerprint density at radius 3 is 1.94 bits per heavy atom. The number of aromatic nitrogens is 1. The number of carbonyl (C=O) groups is 1. The topological polar surface area (TPSA) is 68.7 Å². The zero-order chi connectivity index (χ0) is 22.2. The zero-order valence-electron chi connectivity index (χ0n) is 17.5. The van der Waals surface area contributed by atoms with E-state index in [0.29, 0.717) is 30.5 Å². The van der Waals surface area contributed by atoms with E-state index in [4.69, 9.17) is 9.47 Å². The summed E-state index contributed by atoms with van der Waals surface area (Å²) in [6.07, 6.45) is -0.0828. The van der Waals surface area contributed by atoms with E-state index in [9.17, 15) is 9.90 Å². The van der Waals surface area contributed by atoms with Gasteiger partial charge >= 0.3 is 5.97 Å². The molecule has 0 aliphatic heterocycles. The molecule has 0 fully saturated rings. The molecule has 4 aromatic rings. The number of hydrogen-bond acceptors (Lipinski definition) is 4. The fourth-order valence-electron chi connectivity index (χ4n) is 3.38. The lowest BCUT2D eigenvalue weighted by atomic mass is 9.98. The second kappa shape index (κ2) is 10.3. The van der Waals surface area contributed by atoms with E-state index in [0.717, 1.165) is 22.3 Å². The standard InChI is InChI=1S/C27H23NO4/c29-26(30)17-22-13-7-8-14-23(22)24-15-16-25(31-18-20-9-3-1-4-10-20)28-27(24)32-19-21-11-5-2-6-12-21/h1-16H,17-19H2,(H,29,30). The molecule has 0 atom stereocenters. The number of rotatable bonds is 9. The van der Waals surface area contributed by atoms with Crippen LogP contribution in [0.1, 0.15) is 16.7 Å². The van der Waals surface area contributed by atoms with Gasteiger partial charge in [-0.25, -0.2) is 0 Å². The zero-order valence-corrected chi connectivity index (χ0v) is 17.5. The molecule has 4 rings (SSSR count). The summed E-state index contributed by atoms with van der Waals surface area (Å²) < 4.78 is 12.0. The molecule has 1 heterocycles. The highest BCUT2D eigenvalue weighted by Crippen LogP contribution is 2.34. The van der Waals surface area contributed by atoms with Crippen molar-refractivity contribution in [3.8, 4) is 22.9 Å². The Hall–Kier alpha value is -4.12. The number of carboxylic acid groups (broad SMARTS) is 1. The van der Waals surface area contributed by atoms with Crippen molar-refractivity contribution in [2.24, 2.45) is 0 Å². The van der Waals surface area contributed by atoms with Gasteiger partial charge in [0.15, 0.2) is 0 Å². The minimum absolute atomic E-state index is 0.0828. The lowest BCUT2D eigenvalue weighted by Gasteiger charge is -2.15. The molecular formula is C27H23NO4. The van der Waals surface area contributed by atoms with Crippen LogP contribution in [0.2, 0.25) is 0 Å². The molecule has 0 spiro atoms. The van der Waals surface area contributed by atoms with Crippen LogP contribution in [-0.4, -0.2) is 16.1 Å². The number of aliphatic carboxylic acids is 1. The maximum Gasteiger partial charge on any atom is 0.307 e. The van der Waals surface area contributed by atoms with Gasteiger partial charge in [-0.15, -0.1) is 0 Å². The van der Waals surface area contributed by atoms with Gasteiger partial charge in [0.1, 0.15) is 13.2 Å². The quantitative estimate of drug-likeness (QED) is 0.382. The Kier molecular flexibility index (Phi) is 6.78. The Bertz CT molecular complexity index is 1180. The number of nitrogens with zero attached hydrogens (tertiary/aromatic N) is 1. The molecule has 0 aliphatic rings. The predicted molar refractivity (Wildman–Crippen MR) is 123 cm³/mol. The van der Waals surface area contributed by atoms with Gasteiger partial charge < -0.3 is 14.6 Å². The van der Waals surface area contributed by atoms with Crippen LogP contribution in [0.5, 0.6) is 11.8 Å². The summed E-state index contributed by atoms with van der Waals surface area (Å²) >= 11 is 0. The van der Waals surface area contributed by atoms with Crippen molar-refractivity contribution in [3.05, 3.63) is 114 Å². The molecule has 3 aromatic carbocycles. The molecular weight excluding hydrogens is 402 g/mol. The second-order valence-corrected chi connectivity index (χ2v) is 7.28. The van der Waals surface area contributed by atoms with E-state index < -0.39 is 5.97 Å². The fourth-order valence-corrected chi connectivity index (χ4v) is 3.38. The summed E-state index contributed by atoms with van der Waals surface area (Å²) in [4.78, 5) is 16.0. The van der Waals surface area contributed by atoms with Gasteiger partial charge in [-0.2, -0.15) is 4.98 Å². The van der Waals surface area contributed by atoms with E-state index in [1.54, 1.807) is 6.07 Å². The Labute approximate surface area is 186 Å². The van der Waals surface area contributed by atoms with Crippen LogP contribution in [0.15, 0.2) is 97.1 Å². The lowest BCUT2D eigenvalue weighted by molar-refractivity contribution is -0.136. The van der Waals surface area contributed by atoms with E-state index in [-0.39, 0.29) is 6.42 Å². The molecule has 0 bridgehead atoms. The van der Waals surface area contributed by atoms with Gasteiger partial charge in [0.2, 0.25) is 11.8 Å². The monoisotopic (exact) mass is 425 g/mol. The number of hydrogen-bond donors (Lipinski definition) is 1. The van der Waals surface area contributed by atoms with Crippen LogP contribution in [0.4, 0.5) is 0 Å². The Balaban J connectivity index is 1.65. The van der Waals surface area contributed by atoms with Crippen LogP contribution in [0, 0.1) is 0 Å². The highest BCUT2D eigenvalue weighted by Gasteiger charge is 2.15. The molecule has 0 unspecified atom stereocenters. The number of ether oxygens (including phenoxy) is 2. The maximum absolute atomic E-state index is 11.4. The molecule has 0 saturated heterocycles. The van der Waals surface area contributed by atoms with Crippen molar-refractivity contribution in [3.63, 3.8) is 0 Å². The Morgan fingerprint density at radius 2 is 1.28 bits per heavy atom. The number of carboxylic acids is 1. The maximum atomic E-state index is 11.4. The fraction of sp³-hybridized carbons (Fsp3) is 0.111. The van der Waals surface area contributed by atoms with Crippen LogP contribution < -0.4 is 9.47 Å². The van der Waals surface area contributed by atoms with E-state index >= 15 is 0 Å². The summed E-state index contributed by atoms with van der Waals surface area (Å²) in [5.74, 6) is -0.0476. The van der Waals surface area contributed by atoms with Gasteiger partial charge in [0.05, 0.1) is 6.42 Å². The van der Waals surface area contributed by atoms with Crippen molar-refractivity contribution < 1.29 is 19.4 Å². The van der Waals surface area contributed by atoms with Crippen LogP contribution in [0.3, 0.4) is 0 Å². The molecule has 0 aliphatic carbocycles. The molecule has 160 valence electrons. The average Bonchev–Trinajstić information content (AvgIpc) is 2.83. The van der Waals surface area contributed by atoms with Gasteiger partial charge in [-0.3, -0.25) is 4.79 Å². The molecule has 5 nitrogen and oxygen atoms in total. The van der Waals surface area contributed by atoms with Crippen molar-refractivity contribution >= 4 is 5.97 Å². The third-order valence-electron chi connectivity index (χ3n) is 4.93. The van der Waals surface area contributed by atoms with Gasteiger partial charge in [0, 0.05) is 11.6 Å². The molecule has 5 heteroatoms.